The van der Waals surface area contributed by atoms with E-state index in [1.807, 2.05) is 0 Å². The van der Waals surface area contributed by atoms with Gasteiger partial charge < -0.3 is 15.7 Å². The van der Waals surface area contributed by atoms with Crippen molar-refractivity contribution in [3.63, 3.8) is 0 Å². The first-order valence-electron chi connectivity index (χ1n) is 9.37. The zero-order chi connectivity index (χ0) is 21.2. The monoisotopic (exact) mass is 407 g/mol. The van der Waals surface area contributed by atoms with E-state index in [9.17, 15) is 18.3 Å². The van der Waals surface area contributed by atoms with Crippen LogP contribution >= 0.6 is 0 Å². The first-order valence-corrected chi connectivity index (χ1v) is 9.37. The highest BCUT2D eigenvalue weighted by Gasteiger charge is 2.31. The molecule has 1 saturated heterocycles. The molecule has 3 aromatic rings. The van der Waals surface area contributed by atoms with Gasteiger partial charge >= 0.3 is 6.18 Å². The number of aryl methyl sites for hydroxylation is 1. The quantitative estimate of drug-likeness (QED) is 0.635. The van der Waals surface area contributed by atoms with E-state index in [-0.39, 0.29) is 17.2 Å². The van der Waals surface area contributed by atoms with Gasteiger partial charge in [0.2, 0.25) is 5.95 Å². The highest BCUT2D eigenvalue weighted by atomic mass is 19.4. The van der Waals surface area contributed by atoms with Crippen molar-refractivity contribution in [1.29, 1.82) is 0 Å². The van der Waals surface area contributed by atoms with E-state index >= 15 is 0 Å². The second-order valence-electron chi connectivity index (χ2n) is 7.22. The number of likely N-dealkylation sites (tertiary alicyclic amines) is 1. The predicted octanol–water partition coefficient (Wildman–Crippen LogP) is 4.11. The van der Waals surface area contributed by atoms with Crippen LogP contribution in [-0.2, 0) is 6.18 Å². The van der Waals surface area contributed by atoms with E-state index in [1.54, 1.807) is 23.6 Å². The minimum Gasteiger partial charge on any atom is -0.507 e. The number of phenolic OH excluding ortho intramolecular Hbond substituents is 1. The summed E-state index contributed by atoms with van der Waals surface area (Å²) in [7, 11) is 2.19. The Labute approximate surface area is 166 Å². The van der Waals surface area contributed by atoms with Crippen LogP contribution in [0, 0.1) is 6.92 Å². The molecule has 0 amide bonds. The van der Waals surface area contributed by atoms with Crippen molar-refractivity contribution in [2.45, 2.75) is 32.4 Å². The first-order chi connectivity index (χ1) is 13.7. The molecule has 2 aromatic heterocycles. The van der Waals surface area contributed by atoms with Crippen LogP contribution in [0.25, 0.3) is 16.8 Å². The van der Waals surface area contributed by atoms with Crippen LogP contribution in [0.15, 0.2) is 30.5 Å². The number of nitrogens with two attached hydrogens (primary N) is 1. The van der Waals surface area contributed by atoms with Crippen molar-refractivity contribution in [3.8, 4) is 17.0 Å². The largest absolute Gasteiger partial charge is 0.507 e. The van der Waals surface area contributed by atoms with Gasteiger partial charge in [-0.05, 0) is 69.7 Å². The van der Waals surface area contributed by atoms with Crippen LogP contribution in [-0.4, -0.2) is 44.7 Å². The number of phenols is 1. The fraction of sp³-hybridized carbons (Fsp3) is 0.400. The lowest BCUT2D eigenvalue weighted by molar-refractivity contribution is -0.137. The molecule has 9 heteroatoms. The van der Waals surface area contributed by atoms with Gasteiger partial charge in [0, 0.05) is 11.8 Å². The number of halogens is 3. The van der Waals surface area contributed by atoms with Crippen molar-refractivity contribution in [3.05, 3.63) is 41.6 Å². The molecule has 0 atom stereocenters. The number of benzene rings is 1. The van der Waals surface area contributed by atoms with Crippen molar-refractivity contribution in [2.75, 3.05) is 25.9 Å². The number of alkyl halides is 3. The highest BCUT2D eigenvalue weighted by Crippen LogP contribution is 2.37. The van der Waals surface area contributed by atoms with Crippen LogP contribution in [0.5, 0.6) is 5.75 Å². The summed E-state index contributed by atoms with van der Waals surface area (Å²) < 4.78 is 39.6. The fourth-order valence-electron chi connectivity index (χ4n) is 3.36. The standard InChI is InChI=1S/C14H11F3N4O.C6H13N/c1-7-4-5-21-12(7)11(19-20-13(21)18)9-3-2-8(6-10(9)22)14(15,16)17;1-7-5-3-2-4-6-7/h2-6,22H,1H3,(H2,18,20);2-6H2,1H3. The Morgan fingerprint density at radius 2 is 1.76 bits per heavy atom. The number of rotatable bonds is 1. The molecule has 6 nitrogen and oxygen atoms in total. The number of fused-ring (bicyclic) bond motifs is 1. The molecule has 156 valence electrons. The van der Waals surface area contributed by atoms with Crippen LogP contribution in [0.3, 0.4) is 0 Å². The predicted molar refractivity (Wildman–Crippen MR) is 106 cm³/mol. The molecule has 0 saturated carbocycles. The van der Waals surface area contributed by atoms with E-state index in [2.05, 4.69) is 22.1 Å². The average molecular weight is 407 g/mol. The Hall–Kier alpha value is -2.81. The van der Waals surface area contributed by atoms with E-state index in [0.717, 1.165) is 11.6 Å². The van der Waals surface area contributed by atoms with Crippen molar-refractivity contribution in [1.82, 2.24) is 19.5 Å². The number of nitrogens with zero attached hydrogens (tertiary/aromatic N) is 4. The fourth-order valence-corrected chi connectivity index (χ4v) is 3.36. The van der Waals surface area contributed by atoms with Gasteiger partial charge in [-0.15, -0.1) is 10.2 Å². The maximum absolute atomic E-state index is 12.7. The maximum atomic E-state index is 12.7. The molecule has 0 bridgehead atoms. The highest BCUT2D eigenvalue weighted by molar-refractivity contribution is 5.83. The van der Waals surface area contributed by atoms with Crippen molar-refractivity contribution in [2.24, 2.45) is 0 Å². The number of hydrogen-bond acceptors (Lipinski definition) is 5. The molecule has 0 unspecified atom stereocenters. The topological polar surface area (TPSA) is 79.7 Å². The minimum absolute atomic E-state index is 0.151. The van der Waals surface area contributed by atoms with Gasteiger partial charge in [-0.25, -0.2) is 0 Å². The third kappa shape index (κ3) is 4.61. The number of hydrogen-bond donors (Lipinski definition) is 2. The lowest BCUT2D eigenvalue weighted by atomic mass is 10.1. The SMILES string of the molecule is CN1CCCCC1.Cc1ccn2c(N)nnc(-c3ccc(C(F)(F)F)cc3O)c12. The lowest BCUT2D eigenvalue weighted by Gasteiger charge is -2.20. The third-order valence-corrected chi connectivity index (χ3v) is 4.97. The number of nitrogen functional groups attached to an aromatic ring is 1. The van der Waals surface area contributed by atoms with Crippen LogP contribution in [0.1, 0.15) is 30.4 Å². The summed E-state index contributed by atoms with van der Waals surface area (Å²) in [5.41, 5.74) is 6.61. The summed E-state index contributed by atoms with van der Waals surface area (Å²) in [6, 6.07) is 4.51. The molecule has 3 N–H and O–H groups in total. The van der Waals surface area contributed by atoms with Gasteiger partial charge in [0.1, 0.15) is 11.4 Å². The third-order valence-electron chi connectivity index (χ3n) is 4.97. The van der Waals surface area contributed by atoms with Gasteiger partial charge in [-0.1, -0.05) is 6.42 Å². The van der Waals surface area contributed by atoms with Gasteiger partial charge in [-0.2, -0.15) is 13.2 Å². The molecule has 3 heterocycles. The Morgan fingerprint density at radius 3 is 2.31 bits per heavy atom. The molecule has 29 heavy (non-hydrogen) atoms. The summed E-state index contributed by atoms with van der Waals surface area (Å²) in [5.74, 6) is -0.366. The van der Waals surface area contributed by atoms with Crippen LogP contribution < -0.4 is 5.73 Å². The Morgan fingerprint density at radius 1 is 1.07 bits per heavy atom. The second kappa shape index (κ2) is 8.28. The van der Waals surface area contributed by atoms with Gasteiger partial charge in [0.25, 0.3) is 0 Å². The zero-order valence-electron chi connectivity index (χ0n) is 16.4. The molecule has 1 fully saturated rings. The minimum atomic E-state index is -4.52. The van der Waals surface area contributed by atoms with E-state index in [4.69, 9.17) is 5.73 Å². The Balaban J connectivity index is 0.000000290. The van der Waals surface area contributed by atoms with Gasteiger partial charge in [0.15, 0.2) is 0 Å². The summed E-state index contributed by atoms with van der Waals surface area (Å²) in [6.45, 7) is 4.45. The van der Waals surface area contributed by atoms with Crippen LogP contribution in [0.2, 0.25) is 0 Å². The number of anilines is 1. The second-order valence-corrected chi connectivity index (χ2v) is 7.22. The molecule has 1 aliphatic rings. The molecule has 4 rings (SSSR count). The molecule has 0 radical (unpaired) electrons. The molecule has 0 spiro atoms. The normalized spacial score (nSPS) is 15.2. The maximum Gasteiger partial charge on any atom is 0.416 e. The molecular formula is C20H24F3N5O. The van der Waals surface area contributed by atoms with Crippen molar-refractivity contribution >= 4 is 11.5 Å². The number of piperidine rings is 1. The average Bonchev–Trinajstić information content (AvgIpc) is 3.06. The van der Waals surface area contributed by atoms with Gasteiger partial charge in [0.05, 0.1) is 11.1 Å². The molecule has 1 aromatic carbocycles. The van der Waals surface area contributed by atoms with Crippen LogP contribution in [0.4, 0.5) is 19.1 Å². The molecule has 0 aliphatic carbocycles. The zero-order valence-corrected chi connectivity index (χ0v) is 16.4. The summed E-state index contributed by atoms with van der Waals surface area (Å²) in [5, 5.41) is 17.6. The summed E-state index contributed by atoms with van der Waals surface area (Å²) in [4.78, 5) is 2.39. The molecular weight excluding hydrogens is 383 g/mol. The smallest absolute Gasteiger partial charge is 0.416 e. The van der Waals surface area contributed by atoms with Crippen molar-refractivity contribution < 1.29 is 18.3 Å². The van der Waals surface area contributed by atoms with E-state index in [1.165, 1.54) is 38.4 Å². The first kappa shape index (κ1) is 20.9. The Kier molecular flexibility index (Phi) is 5.97. The number of aromatic hydroxyl groups is 1. The lowest BCUT2D eigenvalue weighted by Crippen LogP contribution is -2.24. The number of aromatic nitrogens is 3. The van der Waals surface area contributed by atoms with Gasteiger partial charge in [-0.3, -0.25) is 4.40 Å². The summed E-state index contributed by atoms with van der Waals surface area (Å²) >= 11 is 0. The Bertz CT molecular complexity index is 994. The van der Waals surface area contributed by atoms with E-state index < -0.39 is 17.5 Å². The van der Waals surface area contributed by atoms with E-state index in [0.29, 0.717) is 11.6 Å². The molecule has 1 aliphatic heterocycles. The summed E-state index contributed by atoms with van der Waals surface area (Å²) in [6.07, 6.45) is 1.43.